The van der Waals surface area contributed by atoms with Crippen molar-refractivity contribution in [3.05, 3.63) is 0 Å². The average Bonchev–Trinajstić information content (AvgIpc) is 1.90. The van der Waals surface area contributed by atoms with Crippen LogP contribution in [-0.4, -0.2) is 39.9 Å². The fraction of sp³-hybridized carbons (Fsp3) is 1.00. The van der Waals surface area contributed by atoms with Crippen molar-refractivity contribution in [2.24, 2.45) is 0 Å². The molecule has 4 heteroatoms. The summed E-state index contributed by atoms with van der Waals surface area (Å²) in [6.07, 6.45) is 0.715. The fourth-order valence-electron chi connectivity index (χ4n) is 0.329. The summed E-state index contributed by atoms with van der Waals surface area (Å²) in [6, 6.07) is 0. The van der Waals surface area contributed by atoms with Crippen LogP contribution in [0.5, 0.6) is 0 Å². The summed E-state index contributed by atoms with van der Waals surface area (Å²) >= 11 is 0. The van der Waals surface area contributed by atoms with Crippen LogP contribution in [0.25, 0.3) is 0 Å². The highest BCUT2D eigenvalue weighted by Crippen LogP contribution is 1.88. The molecule has 4 N–H and O–H groups in total. The van der Waals surface area contributed by atoms with Crippen LogP contribution in [0.4, 0.5) is 0 Å². The molecule has 0 radical (unpaired) electrons. The molecule has 0 aliphatic heterocycles. The summed E-state index contributed by atoms with van der Waals surface area (Å²) in [5.74, 6) is 0. The van der Waals surface area contributed by atoms with E-state index in [1.165, 1.54) is 0 Å². The number of hydrogen-bond acceptors (Lipinski definition) is 4. The Bertz CT molecular complexity index is 54.4. The van der Waals surface area contributed by atoms with Gasteiger partial charge in [0.05, 0.1) is 0 Å². The molecular weight excluding hydrogens is 148 g/mol. The first-order chi connectivity index (χ1) is 5.18. The van der Waals surface area contributed by atoms with Crippen LogP contribution >= 0.6 is 0 Å². The van der Waals surface area contributed by atoms with Gasteiger partial charge in [0.25, 0.3) is 0 Å². The molecule has 0 heterocycles. The average molecular weight is 166 g/mol. The standard InChI is InChI=1S/C4H10O2.C3H8O2/c1-2-3-4(5)6;4-2-1-3-5/h4-6H,2-3H2,1H3;4-5H,1-3H2. The highest BCUT2D eigenvalue weighted by atomic mass is 16.5. The molecule has 0 aromatic carbocycles. The SMILES string of the molecule is CCCC(O)O.OCCCO. The van der Waals surface area contributed by atoms with Crippen molar-refractivity contribution in [2.75, 3.05) is 13.2 Å². The van der Waals surface area contributed by atoms with Gasteiger partial charge >= 0.3 is 0 Å². The van der Waals surface area contributed by atoms with Crippen molar-refractivity contribution in [1.82, 2.24) is 0 Å². The molecule has 0 bridgehead atoms. The largest absolute Gasteiger partial charge is 0.396 e. The molecule has 0 saturated carbocycles. The lowest BCUT2D eigenvalue weighted by atomic mass is 10.3. The van der Waals surface area contributed by atoms with Gasteiger partial charge in [-0.15, -0.1) is 0 Å². The van der Waals surface area contributed by atoms with Crippen LogP contribution in [0.3, 0.4) is 0 Å². The van der Waals surface area contributed by atoms with Gasteiger partial charge in [-0.1, -0.05) is 13.3 Å². The minimum Gasteiger partial charge on any atom is -0.396 e. The second-order valence-electron chi connectivity index (χ2n) is 2.07. The molecular formula is C7H18O4. The molecule has 0 saturated heterocycles. The van der Waals surface area contributed by atoms with Gasteiger partial charge in [0, 0.05) is 13.2 Å². The Morgan fingerprint density at radius 1 is 1.09 bits per heavy atom. The zero-order chi connectivity index (χ0) is 9.11. The van der Waals surface area contributed by atoms with Crippen LogP contribution in [0.1, 0.15) is 26.2 Å². The quantitative estimate of drug-likeness (QED) is 0.423. The maximum absolute atomic E-state index is 8.11. The fourth-order valence-corrected chi connectivity index (χ4v) is 0.329. The summed E-state index contributed by atoms with van der Waals surface area (Å²) in [5.41, 5.74) is 0. The Kier molecular flexibility index (Phi) is 15.3. The Labute approximate surface area is 67.1 Å². The van der Waals surface area contributed by atoms with Gasteiger partial charge in [-0.3, -0.25) is 0 Å². The Balaban J connectivity index is 0. The summed E-state index contributed by atoms with van der Waals surface area (Å²) < 4.78 is 0. The van der Waals surface area contributed by atoms with Gasteiger partial charge in [0.15, 0.2) is 6.29 Å². The number of hydrogen-bond donors (Lipinski definition) is 4. The van der Waals surface area contributed by atoms with Gasteiger partial charge in [-0.05, 0) is 12.8 Å². The second kappa shape index (κ2) is 12.5. The van der Waals surface area contributed by atoms with Crippen LogP contribution in [0.2, 0.25) is 0 Å². The van der Waals surface area contributed by atoms with E-state index in [0.29, 0.717) is 12.8 Å². The predicted octanol–water partition coefficient (Wildman–Crippen LogP) is -0.542. The Morgan fingerprint density at radius 2 is 1.55 bits per heavy atom. The third kappa shape index (κ3) is 25.8. The molecule has 0 spiro atoms. The Hall–Kier alpha value is -0.160. The third-order valence-electron chi connectivity index (χ3n) is 0.863. The van der Waals surface area contributed by atoms with Crippen molar-refractivity contribution in [3.63, 3.8) is 0 Å². The summed E-state index contributed by atoms with van der Waals surface area (Å²) in [5, 5.41) is 32.0. The number of aliphatic hydroxyl groups excluding tert-OH is 3. The van der Waals surface area contributed by atoms with Crippen LogP contribution in [0.15, 0.2) is 0 Å². The summed E-state index contributed by atoms with van der Waals surface area (Å²) in [7, 11) is 0. The molecule has 70 valence electrons. The zero-order valence-corrected chi connectivity index (χ0v) is 6.90. The molecule has 0 aliphatic rings. The number of rotatable bonds is 4. The van der Waals surface area contributed by atoms with Gasteiger partial charge in [0.2, 0.25) is 0 Å². The zero-order valence-electron chi connectivity index (χ0n) is 6.90. The normalized spacial score (nSPS) is 9.27. The van der Waals surface area contributed by atoms with Crippen LogP contribution < -0.4 is 0 Å². The van der Waals surface area contributed by atoms with Gasteiger partial charge in [-0.25, -0.2) is 0 Å². The van der Waals surface area contributed by atoms with E-state index in [2.05, 4.69) is 0 Å². The highest BCUT2D eigenvalue weighted by Gasteiger charge is 1.89. The molecule has 4 nitrogen and oxygen atoms in total. The first-order valence-electron chi connectivity index (χ1n) is 3.76. The van der Waals surface area contributed by atoms with Crippen LogP contribution in [0, 0.1) is 0 Å². The minimum absolute atomic E-state index is 0.0938. The maximum Gasteiger partial charge on any atom is 0.151 e. The molecule has 0 aromatic rings. The molecule has 0 atom stereocenters. The first kappa shape index (κ1) is 13.4. The lowest BCUT2D eigenvalue weighted by Gasteiger charge is -1.94. The monoisotopic (exact) mass is 166 g/mol. The predicted molar refractivity (Wildman–Crippen MR) is 41.9 cm³/mol. The molecule has 0 aromatic heterocycles. The van der Waals surface area contributed by atoms with E-state index in [1.807, 2.05) is 6.92 Å². The molecule has 11 heavy (non-hydrogen) atoms. The van der Waals surface area contributed by atoms with E-state index in [-0.39, 0.29) is 13.2 Å². The van der Waals surface area contributed by atoms with E-state index < -0.39 is 6.29 Å². The smallest absolute Gasteiger partial charge is 0.151 e. The third-order valence-corrected chi connectivity index (χ3v) is 0.863. The molecule has 0 aliphatic carbocycles. The molecule has 0 unspecified atom stereocenters. The van der Waals surface area contributed by atoms with Crippen molar-refractivity contribution in [1.29, 1.82) is 0 Å². The topological polar surface area (TPSA) is 80.9 Å². The Morgan fingerprint density at radius 3 is 1.55 bits per heavy atom. The summed E-state index contributed by atoms with van der Waals surface area (Å²) in [6.45, 7) is 2.09. The van der Waals surface area contributed by atoms with Gasteiger partial charge in [-0.2, -0.15) is 0 Å². The highest BCUT2D eigenvalue weighted by molar-refractivity contribution is 4.31. The van der Waals surface area contributed by atoms with E-state index in [4.69, 9.17) is 20.4 Å². The van der Waals surface area contributed by atoms with Crippen molar-refractivity contribution in [2.45, 2.75) is 32.5 Å². The van der Waals surface area contributed by atoms with Crippen molar-refractivity contribution in [3.8, 4) is 0 Å². The van der Waals surface area contributed by atoms with Gasteiger partial charge < -0.3 is 20.4 Å². The number of aliphatic hydroxyl groups is 4. The van der Waals surface area contributed by atoms with E-state index >= 15 is 0 Å². The van der Waals surface area contributed by atoms with E-state index in [0.717, 1.165) is 6.42 Å². The summed E-state index contributed by atoms with van der Waals surface area (Å²) in [4.78, 5) is 0. The van der Waals surface area contributed by atoms with Gasteiger partial charge in [0.1, 0.15) is 0 Å². The van der Waals surface area contributed by atoms with E-state index in [1.54, 1.807) is 0 Å². The minimum atomic E-state index is -1.10. The second-order valence-corrected chi connectivity index (χ2v) is 2.07. The van der Waals surface area contributed by atoms with Crippen LogP contribution in [-0.2, 0) is 0 Å². The first-order valence-corrected chi connectivity index (χ1v) is 3.76. The molecule has 0 amide bonds. The lowest BCUT2D eigenvalue weighted by Crippen LogP contribution is -2.01. The van der Waals surface area contributed by atoms with Crippen molar-refractivity contribution >= 4 is 0 Å². The molecule has 0 rings (SSSR count). The van der Waals surface area contributed by atoms with E-state index in [9.17, 15) is 0 Å². The molecule has 0 fully saturated rings. The van der Waals surface area contributed by atoms with Crippen molar-refractivity contribution < 1.29 is 20.4 Å². The lowest BCUT2D eigenvalue weighted by molar-refractivity contribution is -0.0453. The maximum atomic E-state index is 8.11.